The number of ether oxygens (including phenoxy) is 2. The Hall–Kier alpha value is -1.77. The van der Waals surface area contributed by atoms with Crippen molar-refractivity contribution >= 4 is 19.8 Å². The molecule has 0 aliphatic carbocycles. The molecule has 0 radical (unpaired) electrons. The maximum absolute atomic E-state index is 12.6. The molecular weight excluding hydrogens is 786 g/mol. The quantitative estimate of drug-likeness (QED) is 0.0265. The molecule has 9 nitrogen and oxygen atoms in total. The van der Waals surface area contributed by atoms with Gasteiger partial charge in [0.15, 0.2) is 6.10 Å². The van der Waals surface area contributed by atoms with Crippen LogP contribution in [0.5, 0.6) is 0 Å². The second-order valence-corrected chi connectivity index (χ2v) is 18.5. The Morgan fingerprint density at radius 1 is 0.475 bits per heavy atom. The largest absolute Gasteiger partial charge is 0.472 e. The average Bonchev–Trinajstić information content (AvgIpc) is 3.25. The van der Waals surface area contributed by atoms with E-state index in [9.17, 15) is 19.0 Å². The number of carbonyl (C=O) groups excluding carboxylic acids is 2. The van der Waals surface area contributed by atoms with Crippen molar-refractivity contribution in [2.75, 3.05) is 26.4 Å². The minimum absolute atomic E-state index is 0.0473. The van der Waals surface area contributed by atoms with Crippen LogP contribution >= 0.6 is 7.82 Å². The summed E-state index contributed by atoms with van der Waals surface area (Å²) in [6.45, 7) is 3.72. The fraction of sp³-hybridized carbons (Fsp3) is 0.843. The molecule has 2 atom stereocenters. The predicted octanol–water partition coefficient (Wildman–Crippen LogP) is 15.3. The molecule has 0 aromatic rings. The molecule has 0 aliphatic rings. The van der Waals surface area contributed by atoms with Crippen LogP contribution in [0.3, 0.4) is 0 Å². The number of hydrogen-bond acceptors (Lipinski definition) is 8. The van der Waals surface area contributed by atoms with E-state index in [-0.39, 0.29) is 32.6 Å². The van der Waals surface area contributed by atoms with Crippen LogP contribution < -0.4 is 5.73 Å². The monoisotopic (exact) mass is 882 g/mol. The van der Waals surface area contributed by atoms with E-state index in [1.54, 1.807) is 0 Å². The molecule has 0 fully saturated rings. The number of nitrogens with two attached hydrogens (primary N) is 1. The van der Waals surface area contributed by atoms with E-state index in [2.05, 4.69) is 50.3 Å². The predicted molar refractivity (Wildman–Crippen MR) is 257 cm³/mol. The van der Waals surface area contributed by atoms with Crippen molar-refractivity contribution in [3.05, 3.63) is 36.5 Å². The highest BCUT2D eigenvalue weighted by atomic mass is 31.2. The Morgan fingerprint density at radius 2 is 0.836 bits per heavy atom. The number of phosphoric acid groups is 1. The number of rotatable bonds is 48. The zero-order chi connectivity index (χ0) is 44.6. The highest BCUT2D eigenvalue weighted by Crippen LogP contribution is 2.43. The van der Waals surface area contributed by atoms with Crippen LogP contribution in [0.2, 0.25) is 0 Å². The first-order chi connectivity index (χ1) is 29.8. The van der Waals surface area contributed by atoms with E-state index in [0.717, 1.165) is 57.8 Å². The molecule has 0 amide bonds. The lowest BCUT2D eigenvalue weighted by Gasteiger charge is -2.19. The molecule has 61 heavy (non-hydrogen) atoms. The van der Waals surface area contributed by atoms with Gasteiger partial charge in [0.1, 0.15) is 6.61 Å². The standard InChI is InChI=1S/C51H96NO8P/c1-3-5-7-9-11-13-15-17-19-21-22-23-24-25-26-28-30-32-34-36-38-40-42-44-51(54)60-49(48-59-61(55,56)58-46-45-52)47-57-50(53)43-41-39-37-35-33-31-29-27-20-18-16-14-12-10-8-6-4-2/h18,20,28,30,36,38,49H,3-17,19,21-27,29,31-35,37,39-48,52H2,1-2H3,(H,55,56)/b20-18+,30-28+,38-36+/t49-/m1/s1. The van der Waals surface area contributed by atoms with Gasteiger partial charge in [-0.2, -0.15) is 0 Å². The molecule has 0 aromatic heterocycles. The summed E-state index contributed by atoms with van der Waals surface area (Å²) in [6, 6.07) is 0. The third-order valence-corrected chi connectivity index (χ3v) is 12.0. The normalized spacial score (nSPS) is 13.4. The van der Waals surface area contributed by atoms with Gasteiger partial charge in [-0.05, 0) is 70.6 Å². The summed E-state index contributed by atoms with van der Waals surface area (Å²) >= 11 is 0. The van der Waals surface area contributed by atoms with Gasteiger partial charge in [-0.25, -0.2) is 4.57 Å². The van der Waals surface area contributed by atoms with E-state index in [0.29, 0.717) is 6.42 Å². The van der Waals surface area contributed by atoms with Crippen LogP contribution in [0, 0.1) is 0 Å². The van der Waals surface area contributed by atoms with Gasteiger partial charge in [-0.3, -0.25) is 18.6 Å². The van der Waals surface area contributed by atoms with Gasteiger partial charge in [0.2, 0.25) is 0 Å². The molecule has 0 saturated carbocycles. The van der Waals surface area contributed by atoms with Gasteiger partial charge >= 0.3 is 19.8 Å². The summed E-state index contributed by atoms with van der Waals surface area (Å²) in [5, 5.41) is 0. The van der Waals surface area contributed by atoms with Crippen LogP contribution in [0.25, 0.3) is 0 Å². The maximum atomic E-state index is 12.6. The molecule has 0 aliphatic heterocycles. The highest BCUT2D eigenvalue weighted by molar-refractivity contribution is 7.47. The topological polar surface area (TPSA) is 134 Å². The summed E-state index contributed by atoms with van der Waals surface area (Å²) in [5.74, 6) is -0.875. The van der Waals surface area contributed by atoms with Gasteiger partial charge in [-0.1, -0.05) is 198 Å². The maximum Gasteiger partial charge on any atom is 0.472 e. The van der Waals surface area contributed by atoms with Crippen molar-refractivity contribution in [3.8, 4) is 0 Å². The van der Waals surface area contributed by atoms with E-state index in [4.69, 9.17) is 24.3 Å². The molecule has 0 spiro atoms. The zero-order valence-electron chi connectivity index (χ0n) is 39.7. The summed E-state index contributed by atoms with van der Waals surface area (Å²) in [5.41, 5.74) is 5.36. The van der Waals surface area contributed by atoms with Crippen molar-refractivity contribution in [1.29, 1.82) is 0 Å². The SMILES string of the molecule is CCCCCCCC/C=C/CCCCCCCCCC(=O)OC[C@H](COP(=O)(O)OCCN)OC(=O)CCC/C=C/CC/C=C/CCCCCCCCCCCCCCCC. The number of phosphoric ester groups is 1. The number of hydrogen-bond donors (Lipinski definition) is 2. The van der Waals surface area contributed by atoms with E-state index >= 15 is 0 Å². The molecule has 0 bridgehead atoms. The fourth-order valence-corrected chi connectivity index (χ4v) is 7.95. The fourth-order valence-electron chi connectivity index (χ4n) is 7.18. The molecule has 10 heteroatoms. The van der Waals surface area contributed by atoms with Crippen LogP contribution in [-0.4, -0.2) is 49.3 Å². The minimum atomic E-state index is -4.39. The second-order valence-electron chi connectivity index (χ2n) is 17.0. The molecule has 358 valence electrons. The smallest absolute Gasteiger partial charge is 0.462 e. The third-order valence-electron chi connectivity index (χ3n) is 11.0. The molecule has 0 saturated heterocycles. The Morgan fingerprint density at radius 3 is 1.26 bits per heavy atom. The van der Waals surface area contributed by atoms with Crippen LogP contribution in [0.15, 0.2) is 36.5 Å². The zero-order valence-corrected chi connectivity index (χ0v) is 40.5. The van der Waals surface area contributed by atoms with Gasteiger partial charge < -0.3 is 20.1 Å². The molecule has 1 unspecified atom stereocenters. The van der Waals surface area contributed by atoms with Gasteiger partial charge in [0, 0.05) is 19.4 Å². The van der Waals surface area contributed by atoms with Gasteiger partial charge in [0.05, 0.1) is 13.2 Å². The Bertz CT molecular complexity index is 1100. The second kappa shape index (κ2) is 47.7. The van der Waals surface area contributed by atoms with E-state index in [1.807, 2.05) is 0 Å². The Labute approximate surface area is 375 Å². The van der Waals surface area contributed by atoms with Crippen LogP contribution in [-0.2, 0) is 32.7 Å². The van der Waals surface area contributed by atoms with Gasteiger partial charge in [0.25, 0.3) is 0 Å². The van der Waals surface area contributed by atoms with Gasteiger partial charge in [-0.15, -0.1) is 0 Å². The van der Waals surface area contributed by atoms with Crippen molar-refractivity contribution in [3.63, 3.8) is 0 Å². The summed E-state index contributed by atoms with van der Waals surface area (Å²) in [4.78, 5) is 35.0. The molecule has 3 N–H and O–H groups in total. The molecule has 0 aromatic carbocycles. The summed E-state index contributed by atoms with van der Waals surface area (Å²) in [7, 11) is -4.39. The molecule has 0 heterocycles. The number of allylic oxidation sites excluding steroid dienone is 6. The number of esters is 2. The first-order valence-corrected chi connectivity index (χ1v) is 27.0. The first-order valence-electron chi connectivity index (χ1n) is 25.5. The number of carbonyl (C=O) groups is 2. The molecular formula is C51H96NO8P. The lowest BCUT2D eigenvalue weighted by Crippen LogP contribution is -2.29. The van der Waals surface area contributed by atoms with Crippen molar-refractivity contribution < 1.29 is 37.6 Å². The lowest BCUT2D eigenvalue weighted by molar-refractivity contribution is -0.161. The minimum Gasteiger partial charge on any atom is -0.462 e. The Balaban J connectivity index is 4.10. The van der Waals surface area contributed by atoms with E-state index < -0.39 is 32.5 Å². The summed E-state index contributed by atoms with van der Waals surface area (Å²) in [6.07, 6.45) is 54.8. The Kier molecular flexibility index (Phi) is 46.3. The van der Waals surface area contributed by atoms with E-state index in [1.165, 1.54) is 154 Å². The lowest BCUT2D eigenvalue weighted by atomic mass is 10.0. The average molecular weight is 882 g/mol. The highest BCUT2D eigenvalue weighted by Gasteiger charge is 2.26. The van der Waals surface area contributed by atoms with Crippen molar-refractivity contribution in [2.24, 2.45) is 5.73 Å². The first kappa shape index (κ1) is 59.2. The van der Waals surface area contributed by atoms with Crippen molar-refractivity contribution in [2.45, 2.75) is 251 Å². The van der Waals surface area contributed by atoms with Crippen LogP contribution in [0.4, 0.5) is 0 Å². The summed E-state index contributed by atoms with van der Waals surface area (Å²) < 4.78 is 32.9. The van der Waals surface area contributed by atoms with Crippen LogP contribution in [0.1, 0.15) is 245 Å². The molecule has 0 rings (SSSR count). The third kappa shape index (κ3) is 47.5. The van der Waals surface area contributed by atoms with Crippen molar-refractivity contribution in [1.82, 2.24) is 0 Å². The number of unbranched alkanes of at least 4 members (excludes halogenated alkanes) is 29.